The Hall–Kier alpha value is -1.31. The Balaban J connectivity index is 2.74. The Labute approximate surface area is 97.6 Å². The molecule has 1 unspecified atom stereocenters. The summed E-state index contributed by atoms with van der Waals surface area (Å²) in [6.45, 7) is 6.26. The second-order valence-electron chi connectivity index (χ2n) is 4.58. The molecular formula is C14H20O2. The molecule has 0 saturated carbocycles. The average Bonchev–Trinajstić information content (AvgIpc) is 2.27. The third kappa shape index (κ3) is 3.37. The molecule has 0 aliphatic carbocycles. The minimum atomic E-state index is -0.184. The van der Waals surface area contributed by atoms with E-state index in [4.69, 9.17) is 4.74 Å². The van der Waals surface area contributed by atoms with Crippen LogP contribution in [0.1, 0.15) is 37.8 Å². The minimum absolute atomic E-state index is 0.182. The van der Waals surface area contributed by atoms with Crippen molar-refractivity contribution in [2.75, 3.05) is 7.11 Å². The fourth-order valence-corrected chi connectivity index (χ4v) is 1.73. The standard InChI is InChI=1S/C14H20O2/c1-10(2)9-12-5-7-13(8-6-12)11(3)14(15)16-4/h5-8,10-11H,9H2,1-4H3/i3-1. The first-order valence-electron chi connectivity index (χ1n) is 5.71. The van der Waals surface area contributed by atoms with Crippen molar-refractivity contribution in [2.24, 2.45) is 5.92 Å². The fourth-order valence-electron chi connectivity index (χ4n) is 1.73. The third-order valence-electron chi connectivity index (χ3n) is 2.68. The minimum Gasteiger partial charge on any atom is -0.469 e. The van der Waals surface area contributed by atoms with Gasteiger partial charge >= 0.3 is 5.97 Å². The van der Waals surface area contributed by atoms with Crippen LogP contribution in [0.5, 0.6) is 0 Å². The molecule has 0 aliphatic rings. The summed E-state index contributed by atoms with van der Waals surface area (Å²) in [5.41, 5.74) is 2.33. The van der Waals surface area contributed by atoms with Gasteiger partial charge < -0.3 is 4.74 Å². The summed E-state index contributed by atoms with van der Waals surface area (Å²) in [4.78, 5) is 11.4. The van der Waals surface area contributed by atoms with Gasteiger partial charge in [0.15, 0.2) is 0 Å². The molecule has 0 spiro atoms. The van der Waals surface area contributed by atoms with Gasteiger partial charge in [-0.05, 0) is 30.4 Å². The van der Waals surface area contributed by atoms with Crippen molar-refractivity contribution >= 4 is 5.97 Å². The van der Waals surface area contributed by atoms with E-state index in [1.165, 1.54) is 12.7 Å². The van der Waals surface area contributed by atoms with Gasteiger partial charge in [0.1, 0.15) is 0 Å². The van der Waals surface area contributed by atoms with Crippen molar-refractivity contribution in [3.05, 3.63) is 35.4 Å². The van der Waals surface area contributed by atoms with Gasteiger partial charge in [0.2, 0.25) is 0 Å². The Bertz CT molecular complexity index is 338. The van der Waals surface area contributed by atoms with Crippen molar-refractivity contribution in [2.45, 2.75) is 33.1 Å². The van der Waals surface area contributed by atoms with E-state index < -0.39 is 0 Å². The summed E-state index contributed by atoms with van der Waals surface area (Å²) in [6, 6.07) is 8.21. The Morgan fingerprint density at radius 1 is 1.19 bits per heavy atom. The maximum absolute atomic E-state index is 11.4. The molecule has 16 heavy (non-hydrogen) atoms. The molecule has 0 aliphatic heterocycles. The summed E-state index contributed by atoms with van der Waals surface area (Å²) in [5, 5.41) is 0. The lowest BCUT2D eigenvalue weighted by atomic mass is 9.86. The highest BCUT2D eigenvalue weighted by atomic mass is 16.5. The van der Waals surface area contributed by atoms with Gasteiger partial charge in [-0.3, -0.25) is 4.79 Å². The van der Waals surface area contributed by atoms with Crippen LogP contribution in [-0.4, -0.2) is 13.1 Å². The van der Waals surface area contributed by atoms with Crippen molar-refractivity contribution < 1.29 is 9.53 Å². The van der Waals surface area contributed by atoms with Crippen LogP contribution in [0.3, 0.4) is 0 Å². The van der Waals surface area contributed by atoms with E-state index in [1.54, 1.807) is 0 Å². The van der Waals surface area contributed by atoms with E-state index in [0.717, 1.165) is 12.0 Å². The summed E-state index contributed by atoms with van der Waals surface area (Å²) in [6.07, 6.45) is 1.08. The highest BCUT2D eigenvalue weighted by Gasteiger charge is 2.14. The number of hydrogen-bond donors (Lipinski definition) is 0. The lowest BCUT2D eigenvalue weighted by Gasteiger charge is -2.11. The Morgan fingerprint density at radius 2 is 1.75 bits per heavy atom. The van der Waals surface area contributed by atoms with Gasteiger partial charge in [0.25, 0.3) is 0 Å². The quantitative estimate of drug-likeness (QED) is 0.727. The Kier molecular flexibility index (Phi) is 4.53. The maximum Gasteiger partial charge on any atom is 0.312 e. The number of carbonyl (C=O) groups is 1. The number of benzene rings is 1. The molecule has 1 aromatic carbocycles. The first kappa shape index (κ1) is 12.8. The van der Waals surface area contributed by atoms with Crippen LogP contribution in [0.15, 0.2) is 24.3 Å². The zero-order chi connectivity index (χ0) is 12.1. The van der Waals surface area contributed by atoms with Crippen LogP contribution >= 0.6 is 0 Å². The van der Waals surface area contributed by atoms with E-state index in [-0.39, 0.29) is 11.9 Å². The van der Waals surface area contributed by atoms with Crippen LogP contribution in [0, 0.1) is 5.92 Å². The average molecular weight is 219 g/mol. The smallest absolute Gasteiger partial charge is 0.312 e. The maximum atomic E-state index is 11.4. The topological polar surface area (TPSA) is 26.3 Å². The second kappa shape index (κ2) is 5.69. The predicted octanol–water partition coefficient (Wildman–Crippen LogP) is 3.16. The summed E-state index contributed by atoms with van der Waals surface area (Å²) in [5.74, 6) is 0.290. The molecule has 0 bridgehead atoms. The summed E-state index contributed by atoms with van der Waals surface area (Å²) in [7, 11) is 1.42. The van der Waals surface area contributed by atoms with Crippen LogP contribution in [0.2, 0.25) is 0 Å². The lowest BCUT2D eigenvalue weighted by molar-refractivity contribution is -0.141. The molecule has 1 atom stereocenters. The van der Waals surface area contributed by atoms with Crippen LogP contribution in [-0.2, 0) is 16.0 Å². The molecule has 0 fully saturated rings. The Morgan fingerprint density at radius 3 is 2.19 bits per heavy atom. The van der Waals surface area contributed by atoms with Crippen molar-refractivity contribution in [1.29, 1.82) is 0 Å². The molecule has 2 heteroatoms. The van der Waals surface area contributed by atoms with Gasteiger partial charge in [-0.2, -0.15) is 0 Å². The fraction of sp³-hybridized carbons (Fsp3) is 0.500. The lowest BCUT2D eigenvalue weighted by Crippen LogP contribution is -2.10. The summed E-state index contributed by atoms with van der Waals surface area (Å²) >= 11 is 0. The monoisotopic (exact) mass is 219 g/mol. The molecular weight excluding hydrogens is 199 g/mol. The molecule has 0 saturated heterocycles. The van der Waals surface area contributed by atoms with Gasteiger partial charge in [-0.25, -0.2) is 0 Å². The molecule has 0 N–H and O–H groups in total. The highest BCUT2D eigenvalue weighted by Crippen LogP contribution is 2.18. The molecule has 1 aromatic rings. The van der Waals surface area contributed by atoms with Crippen LogP contribution in [0.4, 0.5) is 0 Å². The predicted molar refractivity (Wildman–Crippen MR) is 65.4 cm³/mol. The van der Waals surface area contributed by atoms with Gasteiger partial charge in [0.05, 0.1) is 13.0 Å². The largest absolute Gasteiger partial charge is 0.469 e. The first-order chi connectivity index (χ1) is 7.54. The third-order valence-corrected chi connectivity index (χ3v) is 2.68. The van der Waals surface area contributed by atoms with E-state index in [9.17, 15) is 4.79 Å². The van der Waals surface area contributed by atoms with Gasteiger partial charge in [-0.15, -0.1) is 0 Å². The van der Waals surface area contributed by atoms with E-state index in [2.05, 4.69) is 26.0 Å². The van der Waals surface area contributed by atoms with Crippen LogP contribution in [0.25, 0.3) is 0 Å². The molecule has 0 aromatic heterocycles. The zero-order valence-corrected chi connectivity index (χ0v) is 10.5. The molecule has 88 valence electrons. The zero-order valence-electron chi connectivity index (χ0n) is 10.5. The van der Waals surface area contributed by atoms with E-state index in [1.807, 2.05) is 19.1 Å². The number of carbonyl (C=O) groups excluding carboxylic acids is 1. The molecule has 1 rings (SSSR count). The summed E-state index contributed by atoms with van der Waals surface area (Å²) < 4.78 is 4.72. The first-order valence-corrected chi connectivity index (χ1v) is 5.71. The number of rotatable bonds is 4. The molecule has 0 heterocycles. The van der Waals surface area contributed by atoms with E-state index >= 15 is 0 Å². The normalized spacial score (nSPS) is 12.6. The number of hydrogen-bond acceptors (Lipinski definition) is 2. The number of methoxy groups -OCH3 is 1. The molecule has 2 nitrogen and oxygen atoms in total. The molecule has 0 amide bonds. The highest BCUT2D eigenvalue weighted by molar-refractivity contribution is 5.77. The van der Waals surface area contributed by atoms with E-state index in [0.29, 0.717) is 5.92 Å². The van der Waals surface area contributed by atoms with Crippen molar-refractivity contribution in [1.82, 2.24) is 0 Å². The molecule has 0 radical (unpaired) electrons. The van der Waals surface area contributed by atoms with Gasteiger partial charge in [-0.1, -0.05) is 38.1 Å². The van der Waals surface area contributed by atoms with Crippen LogP contribution < -0.4 is 0 Å². The number of esters is 1. The second-order valence-corrected chi connectivity index (χ2v) is 4.58. The van der Waals surface area contributed by atoms with Crippen molar-refractivity contribution in [3.8, 4) is 0 Å². The van der Waals surface area contributed by atoms with Gasteiger partial charge in [0, 0.05) is 0 Å². The van der Waals surface area contributed by atoms with Crippen molar-refractivity contribution in [3.63, 3.8) is 0 Å². The SMILES string of the molecule is COC(=O)C([11CH3])c1ccc(CC(C)C)cc1. The number of ether oxygens (including phenoxy) is 1.